The van der Waals surface area contributed by atoms with Gasteiger partial charge in [-0.25, -0.2) is 0 Å². The Bertz CT molecular complexity index is 119. The summed E-state index contributed by atoms with van der Waals surface area (Å²) in [5, 5.41) is 40.0. The molecule has 0 rings (SSSR count). The summed E-state index contributed by atoms with van der Waals surface area (Å²) in [6.07, 6.45) is -0.954. The molecule has 0 aromatic rings. The highest BCUT2D eigenvalue weighted by Crippen LogP contribution is 1.84. The zero-order valence-electron chi connectivity index (χ0n) is 11.7. The minimum Gasteiger partial charge on any atom is -1.00 e. The van der Waals surface area contributed by atoms with Crippen LogP contribution in [0.3, 0.4) is 0 Å². The lowest BCUT2D eigenvalue weighted by molar-refractivity contribution is -0.870. The van der Waals surface area contributed by atoms with Gasteiger partial charge in [-0.2, -0.15) is 0 Å². The Morgan fingerprint density at radius 1 is 0.944 bits per heavy atom. The molecular weight excluding hydrogens is 266 g/mol. The lowest BCUT2D eigenvalue weighted by Gasteiger charge is -2.21. The second kappa shape index (κ2) is 22.2. The molecule has 18 heavy (non-hydrogen) atoms. The second-order valence-corrected chi connectivity index (χ2v) is 4.07. The van der Waals surface area contributed by atoms with Crippen molar-refractivity contribution in [3.8, 4) is 0 Å². The number of nitrogens with zero attached hydrogens (tertiary/aromatic N) is 1. The molecule has 0 aliphatic heterocycles. The number of aliphatic hydroxyl groups excluding tert-OH is 5. The average Bonchev–Trinajstić information content (AvgIpc) is 2.17. The highest BCUT2D eigenvalue weighted by Gasteiger charge is 2.02. The Labute approximate surface area is 116 Å². The topological polar surface area (TPSA) is 133 Å². The van der Waals surface area contributed by atoms with Crippen molar-refractivity contribution < 1.29 is 47.9 Å². The van der Waals surface area contributed by atoms with E-state index < -0.39 is 6.10 Å². The molecule has 0 aliphatic rings. The molecule has 0 fully saturated rings. The van der Waals surface area contributed by atoms with E-state index in [1.807, 2.05) is 0 Å². The van der Waals surface area contributed by atoms with Crippen LogP contribution in [-0.2, 0) is 0 Å². The summed E-state index contributed by atoms with van der Waals surface area (Å²) in [7, 11) is 6.16. The van der Waals surface area contributed by atoms with E-state index in [0.29, 0.717) is 0 Å². The first-order valence-corrected chi connectivity index (χ1v) is 5.20. The van der Waals surface area contributed by atoms with Gasteiger partial charge in [-0.05, 0) is 6.92 Å². The third-order valence-electron chi connectivity index (χ3n) is 1.19. The van der Waals surface area contributed by atoms with E-state index in [0.717, 1.165) is 11.0 Å². The summed E-state index contributed by atoms with van der Waals surface area (Å²) in [6, 6.07) is 0. The predicted molar refractivity (Wildman–Crippen MR) is 66.5 cm³/mol. The Morgan fingerprint density at radius 3 is 1.22 bits per heavy atom. The SMILES string of the molecule is CCO.C[N+](C)(C)CCO.O.OCC(O)CO.[Cl-]. The summed E-state index contributed by atoms with van der Waals surface area (Å²) < 4.78 is 0.844. The van der Waals surface area contributed by atoms with E-state index in [4.69, 9.17) is 25.5 Å². The molecule has 0 aromatic carbocycles. The number of aliphatic hydroxyl groups is 5. The average molecular weight is 296 g/mol. The van der Waals surface area contributed by atoms with Crippen LogP contribution in [0.5, 0.6) is 0 Å². The van der Waals surface area contributed by atoms with Gasteiger partial charge in [0.15, 0.2) is 0 Å². The lowest BCUT2D eigenvalue weighted by atomic mass is 10.4. The van der Waals surface area contributed by atoms with Crippen LogP contribution in [0.1, 0.15) is 6.92 Å². The van der Waals surface area contributed by atoms with Gasteiger partial charge in [0.25, 0.3) is 0 Å². The van der Waals surface area contributed by atoms with E-state index in [-0.39, 0.29) is 44.3 Å². The largest absolute Gasteiger partial charge is 1.00 e. The van der Waals surface area contributed by atoms with E-state index in [9.17, 15) is 0 Å². The Hall–Kier alpha value is 0.01000. The van der Waals surface area contributed by atoms with Gasteiger partial charge in [0, 0.05) is 6.61 Å². The molecule has 8 heteroatoms. The van der Waals surface area contributed by atoms with E-state index in [1.165, 1.54) is 0 Å². The summed E-state index contributed by atoms with van der Waals surface area (Å²) in [6.45, 7) is 2.32. The van der Waals surface area contributed by atoms with E-state index in [1.54, 1.807) is 6.92 Å². The molecule has 0 amide bonds. The van der Waals surface area contributed by atoms with Crippen molar-refractivity contribution in [2.24, 2.45) is 0 Å². The second-order valence-electron chi connectivity index (χ2n) is 4.07. The van der Waals surface area contributed by atoms with Gasteiger partial charge in [0.2, 0.25) is 0 Å². The molecule has 118 valence electrons. The molecule has 0 saturated carbocycles. The minimum absolute atomic E-state index is 0. The van der Waals surface area contributed by atoms with Gasteiger partial charge in [0.05, 0.1) is 41.0 Å². The molecular formula is C10H30ClNO6. The molecule has 0 atom stereocenters. The lowest BCUT2D eigenvalue weighted by Crippen LogP contribution is -3.00. The van der Waals surface area contributed by atoms with Crippen molar-refractivity contribution in [1.82, 2.24) is 0 Å². The zero-order chi connectivity index (χ0) is 13.6. The van der Waals surface area contributed by atoms with Gasteiger partial charge in [-0.1, -0.05) is 0 Å². The Balaban J connectivity index is -0.0000000475. The number of halogens is 1. The molecule has 0 heterocycles. The predicted octanol–water partition coefficient (Wildman–Crippen LogP) is -5.81. The van der Waals surface area contributed by atoms with Crippen LogP contribution >= 0.6 is 0 Å². The van der Waals surface area contributed by atoms with E-state index >= 15 is 0 Å². The van der Waals surface area contributed by atoms with Gasteiger partial charge < -0.3 is 47.9 Å². The molecule has 0 unspecified atom stereocenters. The van der Waals surface area contributed by atoms with Crippen LogP contribution in [-0.4, -0.2) is 95.7 Å². The maximum Gasteiger partial charge on any atom is 0.101 e. The third kappa shape index (κ3) is 56.2. The van der Waals surface area contributed by atoms with Crippen molar-refractivity contribution in [1.29, 1.82) is 0 Å². The smallest absolute Gasteiger partial charge is 0.101 e. The maximum atomic E-state index is 8.39. The fraction of sp³-hybridized carbons (Fsp3) is 1.00. The number of quaternary nitrogens is 1. The highest BCUT2D eigenvalue weighted by atomic mass is 35.5. The number of likely N-dealkylation sites (N-methyl/N-ethyl adjacent to an activating group) is 1. The number of hydrogen-bond donors (Lipinski definition) is 5. The number of hydrogen-bond acceptors (Lipinski definition) is 5. The van der Waals surface area contributed by atoms with E-state index in [2.05, 4.69) is 21.1 Å². The standard InChI is InChI=1S/C5H14NO.C3H8O3.C2H6O.ClH.H2O/c1-6(2,3)4-5-7;4-1-3(6)2-5;1-2-3;;/h7H,4-5H2,1-3H3;3-6H,1-2H2;3H,2H2,1H3;1H;1H2/q+1;;;;/p-1. The first kappa shape index (κ1) is 30.8. The van der Waals surface area contributed by atoms with Crippen LogP contribution in [0.15, 0.2) is 0 Å². The van der Waals surface area contributed by atoms with Crippen LogP contribution in [0.25, 0.3) is 0 Å². The van der Waals surface area contributed by atoms with Crippen molar-refractivity contribution in [3.63, 3.8) is 0 Å². The Morgan fingerprint density at radius 2 is 1.22 bits per heavy atom. The van der Waals surface area contributed by atoms with Gasteiger partial charge >= 0.3 is 0 Å². The fourth-order valence-electron chi connectivity index (χ4n) is 0.358. The maximum absolute atomic E-state index is 8.39. The van der Waals surface area contributed by atoms with Crippen molar-refractivity contribution in [2.75, 3.05) is 54.1 Å². The van der Waals surface area contributed by atoms with Crippen molar-refractivity contribution >= 4 is 0 Å². The summed E-state index contributed by atoms with van der Waals surface area (Å²) >= 11 is 0. The normalized spacial score (nSPS) is 9.00. The molecule has 7 N–H and O–H groups in total. The highest BCUT2D eigenvalue weighted by molar-refractivity contribution is 4.44. The summed E-state index contributed by atoms with van der Waals surface area (Å²) in [4.78, 5) is 0. The summed E-state index contributed by atoms with van der Waals surface area (Å²) in [5.74, 6) is 0. The monoisotopic (exact) mass is 295 g/mol. The molecule has 0 aliphatic carbocycles. The van der Waals surface area contributed by atoms with Crippen LogP contribution in [0.4, 0.5) is 0 Å². The third-order valence-corrected chi connectivity index (χ3v) is 1.19. The van der Waals surface area contributed by atoms with Crippen LogP contribution < -0.4 is 12.4 Å². The van der Waals surface area contributed by atoms with Crippen molar-refractivity contribution in [3.05, 3.63) is 0 Å². The first-order chi connectivity index (χ1) is 7.28. The van der Waals surface area contributed by atoms with Gasteiger partial charge in [0.1, 0.15) is 12.6 Å². The molecule has 7 nitrogen and oxygen atoms in total. The quantitative estimate of drug-likeness (QED) is 0.330. The van der Waals surface area contributed by atoms with Gasteiger partial charge in [-0.3, -0.25) is 0 Å². The van der Waals surface area contributed by atoms with Crippen LogP contribution in [0.2, 0.25) is 0 Å². The van der Waals surface area contributed by atoms with Gasteiger partial charge in [-0.15, -0.1) is 0 Å². The summed E-state index contributed by atoms with van der Waals surface area (Å²) in [5.41, 5.74) is 0. The van der Waals surface area contributed by atoms with Crippen molar-refractivity contribution in [2.45, 2.75) is 13.0 Å². The number of rotatable bonds is 4. The minimum atomic E-state index is -0.954. The molecule has 0 spiro atoms. The molecule has 0 aromatic heterocycles. The molecule has 0 radical (unpaired) electrons. The Kier molecular flexibility index (Phi) is 38.0. The molecule has 0 bridgehead atoms. The van der Waals surface area contributed by atoms with Crippen LogP contribution in [0, 0.1) is 0 Å². The molecule has 0 saturated heterocycles. The fourth-order valence-corrected chi connectivity index (χ4v) is 0.358. The first-order valence-electron chi connectivity index (χ1n) is 5.20. The zero-order valence-corrected chi connectivity index (χ0v) is 12.4.